The van der Waals surface area contributed by atoms with Crippen molar-refractivity contribution in [1.82, 2.24) is 10.6 Å². The quantitative estimate of drug-likeness (QED) is 0.706. The number of benzene rings is 1. The first-order valence-electron chi connectivity index (χ1n) is 8.79. The van der Waals surface area contributed by atoms with E-state index in [2.05, 4.69) is 10.6 Å². The molecule has 2 N–H and O–H groups in total. The van der Waals surface area contributed by atoms with E-state index in [0.717, 1.165) is 5.69 Å². The van der Waals surface area contributed by atoms with Crippen LogP contribution < -0.4 is 15.5 Å². The molecule has 1 heterocycles. The molecule has 27 heavy (non-hydrogen) atoms. The van der Waals surface area contributed by atoms with Crippen molar-refractivity contribution in [3.05, 3.63) is 41.1 Å². The van der Waals surface area contributed by atoms with Gasteiger partial charge in [0.15, 0.2) is 0 Å². The summed E-state index contributed by atoms with van der Waals surface area (Å²) in [4.78, 5) is 38.4. The van der Waals surface area contributed by atoms with Gasteiger partial charge in [0.2, 0.25) is 0 Å². The first kappa shape index (κ1) is 20.3. The average Bonchev–Trinajstić information content (AvgIpc) is 2.65. The van der Waals surface area contributed by atoms with Crippen molar-refractivity contribution in [2.24, 2.45) is 0 Å². The molecule has 146 valence electrons. The number of hydrogen-bond acceptors (Lipinski definition) is 6. The molecule has 2 rings (SSSR count). The summed E-state index contributed by atoms with van der Waals surface area (Å²) >= 11 is 0. The molecule has 8 heteroatoms. The first-order chi connectivity index (χ1) is 12.9. The fourth-order valence-electron chi connectivity index (χ4n) is 2.71. The Labute approximate surface area is 158 Å². The van der Waals surface area contributed by atoms with E-state index in [1.54, 1.807) is 25.1 Å². The summed E-state index contributed by atoms with van der Waals surface area (Å²) < 4.78 is 10.4. The highest BCUT2D eigenvalue weighted by Gasteiger charge is 2.32. The molecule has 0 radical (unpaired) electrons. The normalized spacial score (nSPS) is 16.3. The van der Waals surface area contributed by atoms with Crippen molar-refractivity contribution in [2.75, 3.05) is 32.2 Å². The summed E-state index contributed by atoms with van der Waals surface area (Å²) in [5.74, 6) is -1.09. The number of rotatable bonds is 7. The highest BCUT2D eigenvalue weighted by atomic mass is 16.5. The third-order valence-electron chi connectivity index (χ3n) is 4.09. The van der Waals surface area contributed by atoms with Crippen molar-refractivity contribution in [3.8, 4) is 0 Å². The van der Waals surface area contributed by atoms with Crippen LogP contribution in [0.1, 0.15) is 30.6 Å². The van der Waals surface area contributed by atoms with Crippen LogP contribution in [0.2, 0.25) is 0 Å². The molecular formula is C19H25N3O5. The summed E-state index contributed by atoms with van der Waals surface area (Å²) in [6.07, 6.45) is 0.504. The molecule has 0 aromatic heterocycles. The minimum atomic E-state index is -0.546. The predicted molar refractivity (Wildman–Crippen MR) is 100 cm³/mol. The number of nitrogens with zero attached hydrogens (tertiary/aromatic N) is 1. The highest BCUT2D eigenvalue weighted by Crippen LogP contribution is 2.19. The van der Waals surface area contributed by atoms with E-state index in [0.29, 0.717) is 12.0 Å². The first-order valence-corrected chi connectivity index (χ1v) is 8.79. The Morgan fingerprint density at radius 2 is 1.89 bits per heavy atom. The van der Waals surface area contributed by atoms with Gasteiger partial charge in [0, 0.05) is 19.8 Å². The molecule has 1 aromatic rings. The molecule has 1 aromatic carbocycles. The van der Waals surface area contributed by atoms with Gasteiger partial charge in [-0.1, -0.05) is 13.0 Å². The molecule has 0 spiro atoms. The van der Waals surface area contributed by atoms with Gasteiger partial charge in [-0.2, -0.15) is 0 Å². The number of nitrogens with one attached hydrogen (secondary N) is 2. The largest absolute Gasteiger partial charge is 0.463 e. The fraction of sp³-hybridized carbons (Fsp3) is 0.421. The summed E-state index contributed by atoms with van der Waals surface area (Å²) in [6, 6.07) is 6.04. The molecule has 8 nitrogen and oxygen atoms in total. The van der Waals surface area contributed by atoms with Crippen molar-refractivity contribution < 1.29 is 23.9 Å². The van der Waals surface area contributed by atoms with Crippen LogP contribution >= 0.6 is 0 Å². The second-order valence-electron chi connectivity index (χ2n) is 6.19. The lowest BCUT2D eigenvalue weighted by Gasteiger charge is -2.28. The third-order valence-corrected chi connectivity index (χ3v) is 4.09. The molecular weight excluding hydrogens is 350 g/mol. The Morgan fingerprint density at radius 1 is 1.15 bits per heavy atom. The smallest absolute Gasteiger partial charge is 0.338 e. The van der Waals surface area contributed by atoms with E-state index in [4.69, 9.17) is 9.47 Å². The van der Waals surface area contributed by atoms with Crippen molar-refractivity contribution in [1.29, 1.82) is 0 Å². The Bertz CT molecular complexity index is 757. The zero-order valence-electron chi connectivity index (χ0n) is 16.0. The maximum absolute atomic E-state index is 12.4. The Kier molecular flexibility index (Phi) is 6.81. The lowest BCUT2D eigenvalue weighted by atomic mass is 10.0. The molecule has 1 aliphatic heterocycles. The highest BCUT2D eigenvalue weighted by molar-refractivity contribution is 5.95. The SMILES string of the molecule is CCOC(=O)C1=C(COC(=O)c2cccc(N(C)C)c2)NC(=O)N[C@H]1CC. The summed E-state index contributed by atoms with van der Waals surface area (Å²) in [6.45, 7) is 3.51. The Balaban J connectivity index is 2.21. The molecule has 0 fully saturated rings. The van der Waals surface area contributed by atoms with Gasteiger partial charge < -0.3 is 25.0 Å². The topological polar surface area (TPSA) is 97.0 Å². The number of esters is 2. The average molecular weight is 375 g/mol. The van der Waals surface area contributed by atoms with Crippen LogP contribution in [0.15, 0.2) is 35.5 Å². The van der Waals surface area contributed by atoms with E-state index in [9.17, 15) is 14.4 Å². The standard InChI is InChI=1S/C19H25N3O5/c1-5-14-16(18(24)26-6-2)15(21-19(25)20-14)11-27-17(23)12-8-7-9-13(10-12)22(3)4/h7-10,14H,5-6,11H2,1-4H3,(H2,20,21,25)/t14-/m0/s1. The Hall–Kier alpha value is -3.03. The predicted octanol–water partition coefficient (Wildman–Crippen LogP) is 1.82. The van der Waals surface area contributed by atoms with Crippen molar-refractivity contribution >= 4 is 23.7 Å². The van der Waals surface area contributed by atoms with E-state index < -0.39 is 24.0 Å². The van der Waals surface area contributed by atoms with Gasteiger partial charge in [-0.15, -0.1) is 0 Å². The van der Waals surface area contributed by atoms with Gasteiger partial charge >= 0.3 is 18.0 Å². The molecule has 0 saturated heterocycles. The lowest BCUT2D eigenvalue weighted by Crippen LogP contribution is -2.51. The van der Waals surface area contributed by atoms with Gasteiger partial charge in [0.1, 0.15) is 6.61 Å². The fourth-order valence-corrected chi connectivity index (χ4v) is 2.71. The second-order valence-corrected chi connectivity index (χ2v) is 6.19. The minimum Gasteiger partial charge on any atom is -0.463 e. The number of amides is 2. The van der Waals surface area contributed by atoms with Crippen LogP contribution in [0.3, 0.4) is 0 Å². The van der Waals surface area contributed by atoms with Gasteiger partial charge in [0.05, 0.1) is 29.5 Å². The molecule has 1 aliphatic rings. The monoisotopic (exact) mass is 375 g/mol. The summed E-state index contributed by atoms with van der Waals surface area (Å²) in [7, 11) is 3.74. The number of anilines is 1. The molecule has 2 amide bonds. The molecule has 0 unspecified atom stereocenters. The van der Waals surface area contributed by atoms with E-state index in [-0.39, 0.29) is 24.5 Å². The number of urea groups is 1. The molecule has 0 saturated carbocycles. The summed E-state index contributed by atoms with van der Waals surface area (Å²) in [5.41, 5.74) is 1.75. The minimum absolute atomic E-state index is 0.205. The van der Waals surface area contributed by atoms with Crippen LogP contribution in [-0.4, -0.2) is 51.3 Å². The van der Waals surface area contributed by atoms with E-state index in [1.807, 2.05) is 32.0 Å². The van der Waals surface area contributed by atoms with Gasteiger partial charge in [-0.25, -0.2) is 14.4 Å². The van der Waals surface area contributed by atoms with Gasteiger partial charge in [-0.3, -0.25) is 0 Å². The maximum Gasteiger partial charge on any atom is 0.338 e. The Morgan fingerprint density at radius 3 is 2.52 bits per heavy atom. The zero-order chi connectivity index (χ0) is 20.0. The lowest BCUT2D eigenvalue weighted by molar-refractivity contribution is -0.139. The number of carbonyl (C=O) groups is 3. The van der Waals surface area contributed by atoms with Crippen molar-refractivity contribution in [2.45, 2.75) is 26.3 Å². The van der Waals surface area contributed by atoms with Crippen LogP contribution in [-0.2, 0) is 14.3 Å². The van der Waals surface area contributed by atoms with E-state index in [1.165, 1.54) is 0 Å². The van der Waals surface area contributed by atoms with Crippen molar-refractivity contribution in [3.63, 3.8) is 0 Å². The maximum atomic E-state index is 12.4. The van der Waals surface area contributed by atoms with Crippen LogP contribution in [0.5, 0.6) is 0 Å². The number of carbonyl (C=O) groups excluding carboxylic acids is 3. The third kappa shape index (κ3) is 4.99. The molecule has 0 bridgehead atoms. The second kappa shape index (κ2) is 9.07. The van der Waals surface area contributed by atoms with Gasteiger partial charge in [-0.05, 0) is 31.5 Å². The van der Waals surface area contributed by atoms with Gasteiger partial charge in [0.25, 0.3) is 0 Å². The molecule has 1 atom stereocenters. The number of ether oxygens (including phenoxy) is 2. The summed E-state index contributed by atoms with van der Waals surface area (Å²) in [5, 5.41) is 5.22. The zero-order valence-corrected chi connectivity index (χ0v) is 16.0. The van der Waals surface area contributed by atoms with Crippen LogP contribution in [0.4, 0.5) is 10.5 Å². The van der Waals surface area contributed by atoms with E-state index >= 15 is 0 Å². The van der Waals surface area contributed by atoms with Crippen LogP contribution in [0, 0.1) is 0 Å². The molecule has 0 aliphatic carbocycles. The van der Waals surface area contributed by atoms with Crippen LogP contribution in [0.25, 0.3) is 0 Å². The number of hydrogen-bond donors (Lipinski definition) is 2.